The molecule has 31 heavy (non-hydrogen) atoms. The van der Waals surface area contributed by atoms with Crippen molar-refractivity contribution in [3.63, 3.8) is 0 Å². The Bertz CT molecular complexity index is 746. The summed E-state index contributed by atoms with van der Waals surface area (Å²) in [4.78, 5) is 31.6. The van der Waals surface area contributed by atoms with Crippen molar-refractivity contribution >= 4 is 41.5 Å². The van der Waals surface area contributed by atoms with E-state index in [9.17, 15) is 14.9 Å². The fourth-order valence-corrected chi connectivity index (χ4v) is 3.36. The number of hydrogen-bond acceptors (Lipinski definition) is 5. The molecule has 0 bridgehead atoms. The fourth-order valence-electron chi connectivity index (χ4n) is 3.36. The van der Waals surface area contributed by atoms with Crippen LogP contribution in [-0.4, -0.2) is 71.9 Å². The fraction of sp³-hybridized carbons (Fsp3) is 0.619. The van der Waals surface area contributed by atoms with Gasteiger partial charge in [0.1, 0.15) is 0 Å². The van der Waals surface area contributed by atoms with Crippen LogP contribution in [0.25, 0.3) is 0 Å². The number of unbranched alkanes of at least 4 members (excludes halogenated alkanes) is 1. The predicted octanol–water partition coefficient (Wildman–Crippen LogP) is 2.35. The molecule has 2 N–H and O–H groups in total. The highest BCUT2D eigenvalue weighted by atomic mass is 127. The number of halogens is 1. The molecule has 0 aromatic heterocycles. The summed E-state index contributed by atoms with van der Waals surface area (Å²) >= 11 is 0. The molecule has 1 aliphatic carbocycles. The average Bonchev–Trinajstić information content (AvgIpc) is 3.55. The number of nitro groups is 1. The number of guanidine groups is 1. The maximum atomic E-state index is 12.0. The number of aliphatic imine (C=N–C) groups is 1. The molecule has 9 nitrogen and oxygen atoms in total. The number of rotatable bonds is 9. The second-order valence-corrected chi connectivity index (χ2v) is 7.95. The van der Waals surface area contributed by atoms with Gasteiger partial charge in [-0.2, -0.15) is 0 Å². The lowest BCUT2D eigenvalue weighted by atomic mass is 10.2. The molecule has 1 aromatic carbocycles. The number of piperazine rings is 1. The van der Waals surface area contributed by atoms with Crippen LogP contribution < -0.4 is 10.6 Å². The molecule has 172 valence electrons. The van der Waals surface area contributed by atoms with E-state index in [0.29, 0.717) is 19.1 Å². The summed E-state index contributed by atoms with van der Waals surface area (Å²) in [6, 6.07) is 6.93. The van der Waals surface area contributed by atoms with Crippen molar-refractivity contribution in [2.24, 2.45) is 4.99 Å². The summed E-state index contributed by atoms with van der Waals surface area (Å²) in [7, 11) is 0. The first-order valence-electron chi connectivity index (χ1n) is 10.8. The number of amides is 1. The van der Waals surface area contributed by atoms with Crippen LogP contribution in [0.4, 0.5) is 5.69 Å². The predicted molar refractivity (Wildman–Crippen MR) is 132 cm³/mol. The average molecular weight is 544 g/mol. The van der Waals surface area contributed by atoms with Crippen molar-refractivity contribution in [2.45, 2.75) is 45.2 Å². The first kappa shape index (κ1) is 25.3. The second-order valence-electron chi connectivity index (χ2n) is 7.95. The van der Waals surface area contributed by atoms with Gasteiger partial charge in [0.15, 0.2) is 5.96 Å². The van der Waals surface area contributed by atoms with Crippen LogP contribution in [-0.2, 0) is 11.3 Å². The lowest BCUT2D eigenvalue weighted by molar-refractivity contribution is -0.384. The van der Waals surface area contributed by atoms with Crippen LogP contribution in [0.3, 0.4) is 0 Å². The van der Waals surface area contributed by atoms with E-state index in [1.54, 1.807) is 12.1 Å². The zero-order valence-corrected chi connectivity index (χ0v) is 20.4. The summed E-state index contributed by atoms with van der Waals surface area (Å²) in [5, 5.41) is 17.3. The molecular weight excluding hydrogens is 511 g/mol. The highest BCUT2D eigenvalue weighted by Gasteiger charge is 2.26. The standard InChI is InChI=1S/C21H32N6O3.HI/c1-2-3-10-22-21(23-15-17-4-8-19(9-5-17)27(29)30)26-13-11-25(12-14-26)16-20(28)24-18-6-7-18;/h4-5,8-9,18H,2-3,6-7,10-16H2,1H3,(H,22,23)(H,24,28);1H. The molecule has 3 rings (SSSR count). The Balaban J connectivity index is 0.00000341. The van der Waals surface area contributed by atoms with Crippen molar-refractivity contribution in [1.29, 1.82) is 0 Å². The zero-order valence-electron chi connectivity index (χ0n) is 18.1. The van der Waals surface area contributed by atoms with Gasteiger partial charge in [-0.15, -0.1) is 24.0 Å². The minimum absolute atomic E-state index is 0. The Labute approximate surface area is 200 Å². The molecule has 1 heterocycles. The third kappa shape index (κ3) is 8.60. The summed E-state index contributed by atoms with van der Waals surface area (Å²) in [5.41, 5.74) is 1.02. The Morgan fingerprint density at radius 2 is 1.87 bits per heavy atom. The third-order valence-electron chi connectivity index (χ3n) is 5.35. The van der Waals surface area contributed by atoms with E-state index in [-0.39, 0.29) is 35.6 Å². The van der Waals surface area contributed by atoms with Gasteiger partial charge in [0.25, 0.3) is 5.69 Å². The van der Waals surface area contributed by atoms with Crippen LogP contribution in [0.5, 0.6) is 0 Å². The molecule has 1 amide bonds. The SMILES string of the molecule is CCCCNC(=NCc1ccc([N+](=O)[O-])cc1)N1CCN(CC(=O)NC2CC2)CC1.I. The first-order chi connectivity index (χ1) is 14.5. The van der Waals surface area contributed by atoms with Gasteiger partial charge in [-0.05, 0) is 24.8 Å². The maximum Gasteiger partial charge on any atom is 0.269 e. The van der Waals surface area contributed by atoms with E-state index in [0.717, 1.165) is 69.9 Å². The second kappa shape index (κ2) is 12.8. The number of non-ortho nitro benzene ring substituents is 1. The van der Waals surface area contributed by atoms with E-state index >= 15 is 0 Å². The lowest BCUT2D eigenvalue weighted by Crippen LogP contribution is -2.54. The number of nitro benzene ring substituents is 1. The Hall–Kier alpha value is -1.95. The van der Waals surface area contributed by atoms with E-state index in [1.165, 1.54) is 12.1 Å². The summed E-state index contributed by atoms with van der Waals surface area (Å²) in [6.07, 6.45) is 4.39. The Kier molecular flexibility index (Phi) is 10.4. The molecule has 0 unspecified atom stereocenters. The van der Waals surface area contributed by atoms with Crippen LogP contribution in [0.2, 0.25) is 0 Å². The minimum Gasteiger partial charge on any atom is -0.356 e. The van der Waals surface area contributed by atoms with E-state index in [2.05, 4.69) is 27.4 Å². The van der Waals surface area contributed by atoms with Gasteiger partial charge in [-0.3, -0.25) is 19.8 Å². The smallest absolute Gasteiger partial charge is 0.269 e. The summed E-state index contributed by atoms with van der Waals surface area (Å²) in [6.45, 7) is 7.22. The van der Waals surface area contributed by atoms with Gasteiger partial charge in [0.05, 0.1) is 18.0 Å². The number of nitrogens with zero attached hydrogens (tertiary/aromatic N) is 4. The highest BCUT2D eigenvalue weighted by molar-refractivity contribution is 14.0. The highest BCUT2D eigenvalue weighted by Crippen LogP contribution is 2.18. The van der Waals surface area contributed by atoms with Crippen molar-refractivity contribution < 1.29 is 9.72 Å². The molecule has 1 aromatic rings. The lowest BCUT2D eigenvalue weighted by Gasteiger charge is -2.36. The third-order valence-corrected chi connectivity index (χ3v) is 5.35. The molecule has 0 radical (unpaired) electrons. The van der Waals surface area contributed by atoms with Gasteiger partial charge < -0.3 is 15.5 Å². The quantitative estimate of drug-likeness (QED) is 0.124. The molecular formula is C21H33IN6O3. The zero-order chi connectivity index (χ0) is 21.3. The first-order valence-corrected chi connectivity index (χ1v) is 10.8. The van der Waals surface area contributed by atoms with Crippen LogP contribution in [0, 0.1) is 10.1 Å². The van der Waals surface area contributed by atoms with E-state index < -0.39 is 4.92 Å². The van der Waals surface area contributed by atoms with Crippen molar-refractivity contribution in [2.75, 3.05) is 39.3 Å². The molecule has 1 saturated carbocycles. The number of carbonyl (C=O) groups excluding carboxylic acids is 1. The molecule has 0 atom stereocenters. The van der Waals surface area contributed by atoms with Crippen LogP contribution in [0.1, 0.15) is 38.2 Å². The topological polar surface area (TPSA) is 103 Å². The molecule has 1 aliphatic heterocycles. The summed E-state index contributed by atoms with van der Waals surface area (Å²) < 4.78 is 0. The number of carbonyl (C=O) groups is 1. The van der Waals surface area contributed by atoms with Crippen LogP contribution >= 0.6 is 24.0 Å². The molecule has 10 heteroatoms. The number of hydrogen-bond donors (Lipinski definition) is 2. The Morgan fingerprint density at radius 3 is 2.45 bits per heavy atom. The number of benzene rings is 1. The van der Waals surface area contributed by atoms with Crippen molar-refractivity contribution in [3.05, 3.63) is 39.9 Å². The van der Waals surface area contributed by atoms with Crippen molar-refractivity contribution in [1.82, 2.24) is 20.4 Å². The van der Waals surface area contributed by atoms with Crippen LogP contribution in [0.15, 0.2) is 29.3 Å². The van der Waals surface area contributed by atoms with Gasteiger partial charge in [0, 0.05) is 50.9 Å². The van der Waals surface area contributed by atoms with Gasteiger partial charge in [0.2, 0.25) is 5.91 Å². The minimum atomic E-state index is -0.394. The largest absolute Gasteiger partial charge is 0.356 e. The summed E-state index contributed by atoms with van der Waals surface area (Å²) in [5.74, 6) is 0.989. The normalized spacial score (nSPS) is 17.1. The van der Waals surface area contributed by atoms with Gasteiger partial charge in [-0.1, -0.05) is 25.5 Å². The van der Waals surface area contributed by atoms with Gasteiger partial charge in [-0.25, -0.2) is 4.99 Å². The van der Waals surface area contributed by atoms with Crippen molar-refractivity contribution in [3.8, 4) is 0 Å². The van der Waals surface area contributed by atoms with Gasteiger partial charge >= 0.3 is 0 Å². The molecule has 0 spiro atoms. The van der Waals surface area contributed by atoms with E-state index in [1.807, 2.05) is 0 Å². The van der Waals surface area contributed by atoms with E-state index in [4.69, 9.17) is 4.99 Å². The molecule has 1 saturated heterocycles. The maximum absolute atomic E-state index is 12.0. The monoisotopic (exact) mass is 544 g/mol. The molecule has 2 fully saturated rings. The Morgan fingerprint density at radius 1 is 1.19 bits per heavy atom. The molecule has 2 aliphatic rings. The number of nitrogens with one attached hydrogen (secondary N) is 2.